The quantitative estimate of drug-likeness (QED) is 0.446. The van der Waals surface area contributed by atoms with E-state index in [2.05, 4.69) is 5.32 Å². The maximum Gasteiger partial charge on any atom is 0.264 e. The molecule has 0 aliphatic carbocycles. The van der Waals surface area contributed by atoms with Crippen molar-refractivity contribution < 1.29 is 17.9 Å². The van der Waals surface area contributed by atoms with Crippen molar-refractivity contribution in [2.45, 2.75) is 25.7 Å². The molecule has 0 unspecified atom stereocenters. The molecule has 0 saturated carbocycles. The molecule has 0 aliphatic rings. The Balaban J connectivity index is 1.73. The third kappa shape index (κ3) is 6.06. The van der Waals surface area contributed by atoms with Crippen molar-refractivity contribution in [3.05, 3.63) is 88.4 Å². The topological polar surface area (TPSA) is 75.7 Å². The summed E-state index contributed by atoms with van der Waals surface area (Å²) < 4.78 is 33.6. The summed E-state index contributed by atoms with van der Waals surface area (Å²) >= 11 is 6.24. The fourth-order valence-corrected chi connectivity index (χ4v) is 5.05. The van der Waals surface area contributed by atoms with Crippen molar-refractivity contribution in [1.82, 2.24) is 5.32 Å². The monoisotopic (exact) mass is 486 g/mol. The third-order valence-electron chi connectivity index (χ3n) is 5.14. The molecule has 1 amide bonds. The second-order valence-corrected chi connectivity index (χ2v) is 9.95. The maximum absolute atomic E-state index is 13.4. The van der Waals surface area contributed by atoms with Crippen LogP contribution < -0.4 is 14.4 Å². The molecule has 0 radical (unpaired) electrons. The van der Waals surface area contributed by atoms with Gasteiger partial charge < -0.3 is 10.1 Å². The summed E-state index contributed by atoms with van der Waals surface area (Å²) in [5, 5.41) is 3.16. The van der Waals surface area contributed by atoms with E-state index in [-0.39, 0.29) is 24.6 Å². The number of carbonyl (C=O) groups excluding carboxylic acids is 1. The van der Waals surface area contributed by atoms with Crippen LogP contribution in [0.15, 0.2) is 71.6 Å². The zero-order valence-corrected chi connectivity index (χ0v) is 20.4. The molecule has 6 nitrogen and oxygen atoms in total. The van der Waals surface area contributed by atoms with Crippen LogP contribution in [0.25, 0.3) is 0 Å². The van der Waals surface area contributed by atoms with E-state index in [1.807, 2.05) is 32.0 Å². The van der Waals surface area contributed by atoms with E-state index in [0.29, 0.717) is 16.3 Å². The lowest BCUT2D eigenvalue weighted by Gasteiger charge is -2.26. The largest absolute Gasteiger partial charge is 0.491 e. The van der Waals surface area contributed by atoms with E-state index < -0.39 is 15.9 Å². The molecule has 3 rings (SSSR count). The highest BCUT2D eigenvalue weighted by atomic mass is 35.5. The van der Waals surface area contributed by atoms with Crippen LogP contribution in [0.4, 0.5) is 5.69 Å². The van der Waals surface area contributed by atoms with Crippen LogP contribution in [0.5, 0.6) is 5.75 Å². The molecule has 33 heavy (non-hydrogen) atoms. The molecule has 1 N–H and O–H groups in total. The Morgan fingerprint density at radius 3 is 2.42 bits per heavy atom. The molecule has 0 fully saturated rings. The van der Waals surface area contributed by atoms with Gasteiger partial charge in [-0.3, -0.25) is 9.10 Å². The average molecular weight is 487 g/mol. The Kier molecular flexibility index (Phi) is 8.00. The number of hydrogen-bond acceptors (Lipinski definition) is 4. The minimum atomic E-state index is -3.99. The zero-order chi connectivity index (χ0) is 24.0. The van der Waals surface area contributed by atoms with Crippen LogP contribution in [-0.2, 0) is 14.8 Å². The maximum atomic E-state index is 13.4. The van der Waals surface area contributed by atoms with E-state index in [1.165, 1.54) is 12.1 Å². The zero-order valence-electron chi connectivity index (χ0n) is 18.8. The van der Waals surface area contributed by atoms with Crippen LogP contribution in [0.2, 0.25) is 5.02 Å². The van der Waals surface area contributed by atoms with Crippen molar-refractivity contribution in [2.24, 2.45) is 0 Å². The predicted molar refractivity (Wildman–Crippen MR) is 132 cm³/mol. The summed E-state index contributed by atoms with van der Waals surface area (Å²) in [5.74, 6) is 0.302. The molecule has 8 heteroatoms. The van der Waals surface area contributed by atoms with Crippen LogP contribution in [0, 0.1) is 20.8 Å². The van der Waals surface area contributed by atoms with Gasteiger partial charge in [-0.05, 0) is 62.2 Å². The number of sulfonamides is 1. The standard InChI is InChI=1S/C25H27ClN2O4S/c1-18-12-13-24(19(2)16-18)32-15-14-27-25(29)17-28(23-11-7-10-22(26)20(23)3)33(30,31)21-8-5-4-6-9-21/h4-13,16H,14-15,17H2,1-3H3,(H,27,29). The summed E-state index contributed by atoms with van der Waals surface area (Å²) in [5.41, 5.74) is 3.08. The summed E-state index contributed by atoms with van der Waals surface area (Å²) in [6, 6.07) is 18.9. The lowest BCUT2D eigenvalue weighted by Crippen LogP contribution is -2.42. The van der Waals surface area contributed by atoms with Gasteiger partial charge in [-0.15, -0.1) is 0 Å². The van der Waals surface area contributed by atoms with Gasteiger partial charge in [0.15, 0.2) is 0 Å². The minimum absolute atomic E-state index is 0.0929. The second-order valence-electron chi connectivity index (χ2n) is 7.68. The highest BCUT2D eigenvalue weighted by Gasteiger charge is 2.28. The van der Waals surface area contributed by atoms with Crippen molar-refractivity contribution >= 4 is 33.2 Å². The number of nitrogens with zero attached hydrogens (tertiary/aromatic N) is 1. The Morgan fingerprint density at radius 2 is 1.73 bits per heavy atom. The summed E-state index contributed by atoms with van der Waals surface area (Å²) in [6.45, 7) is 5.80. The molecule has 0 spiro atoms. The van der Waals surface area contributed by atoms with Crippen LogP contribution in [-0.4, -0.2) is 34.0 Å². The normalized spacial score (nSPS) is 11.2. The lowest BCUT2D eigenvalue weighted by atomic mass is 10.1. The number of hydrogen-bond donors (Lipinski definition) is 1. The fraction of sp³-hybridized carbons (Fsp3) is 0.240. The molecular weight excluding hydrogens is 460 g/mol. The van der Waals surface area contributed by atoms with Gasteiger partial charge >= 0.3 is 0 Å². The summed E-state index contributed by atoms with van der Waals surface area (Å²) in [6.07, 6.45) is 0. The number of ether oxygens (including phenoxy) is 1. The highest BCUT2D eigenvalue weighted by Crippen LogP contribution is 2.30. The first kappa shape index (κ1) is 24.6. The van der Waals surface area contributed by atoms with Crippen LogP contribution in [0.3, 0.4) is 0 Å². The molecule has 0 heterocycles. The minimum Gasteiger partial charge on any atom is -0.491 e. The van der Waals surface area contributed by atoms with Gasteiger partial charge in [0.1, 0.15) is 18.9 Å². The molecule has 0 aromatic heterocycles. The number of anilines is 1. The van der Waals surface area contributed by atoms with Crippen molar-refractivity contribution in [3.63, 3.8) is 0 Å². The second kappa shape index (κ2) is 10.7. The number of nitrogens with one attached hydrogen (secondary N) is 1. The first-order valence-electron chi connectivity index (χ1n) is 10.5. The average Bonchev–Trinajstić information content (AvgIpc) is 2.79. The Bertz CT molecular complexity index is 1230. The molecule has 3 aromatic rings. The van der Waals surface area contributed by atoms with Crippen molar-refractivity contribution in [2.75, 3.05) is 24.0 Å². The Hall–Kier alpha value is -3.03. The highest BCUT2D eigenvalue weighted by molar-refractivity contribution is 7.92. The van der Waals surface area contributed by atoms with E-state index >= 15 is 0 Å². The number of rotatable bonds is 9. The lowest BCUT2D eigenvalue weighted by molar-refractivity contribution is -0.119. The molecule has 3 aromatic carbocycles. The number of aryl methyl sites for hydroxylation is 2. The van der Waals surface area contributed by atoms with Gasteiger partial charge in [0.2, 0.25) is 5.91 Å². The predicted octanol–water partition coefficient (Wildman–Crippen LogP) is 4.66. The van der Waals surface area contributed by atoms with Crippen molar-refractivity contribution in [3.8, 4) is 5.75 Å². The van der Waals surface area contributed by atoms with Gasteiger partial charge in [0.25, 0.3) is 10.0 Å². The molecular formula is C25H27ClN2O4S. The number of halogens is 1. The first-order chi connectivity index (χ1) is 15.7. The number of amides is 1. The first-order valence-corrected chi connectivity index (χ1v) is 12.3. The summed E-state index contributed by atoms with van der Waals surface area (Å²) in [7, 11) is -3.99. The van der Waals surface area contributed by atoms with Gasteiger partial charge in [-0.2, -0.15) is 0 Å². The number of benzene rings is 3. The Labute approximate surface area is 200 Å². The van der Waals surface area contributed by atoms with Crippen LogP contribution in [0.1, 0.15) is 16.7 Å². The van der Waals surface area contributed by atoms with Gasteiger partial charge in [0.05, 0.1) is 17.1 Å². The third-order valence-corrected chi connectivity index (χ3v) is 7.32. The Morgan fingerprint density at radius 1 is 1.00 bits per heavy atom. The van der Waals surface area contributed by atoms with E-state index in [9.17, 15) is 13.2 Å². The van der Waals surface area contributed by atoms with Gasteiger partial charge in [-0.1, -0.05) is 53.6 Å². The van der Waals surface area contributed by atoms with E-state index in [0.717, 1.165) is 21.2 Å². The van der Waals surface area contributed by atoms with Gasteiger partial charge in [0, 0.05) is 5.02 Å². The van der Waals surface area contributed by atoms with Crippen LogP contribution >= 0.6 is 11.6 Å². The SMILES string of the molecule is Cc1ccc(OCCNC(=O)CN(c2cccc(Cl)c2C)S(=O)(=O)c2ccccc2)c(C)c1. The molecule has 0 aliphatic heterocycles. The molecule has 0 saturated heterocycles. The molecule has 0 atom stereocenters. The van der Waals surface area contributed by atoms with Crippen molar-refractivity contribution in [1.29, 1.82) is 0 Å². The van der Waals surface area contributed by atoms with E-state index in [4.69, 9.17) is 16.3 Å². The number of carbonyl (C=O) groups is 1. The molecule has 0 bridgehead atoms. The smallest absolute Gasteiger partial charge is 0.264 e. The van der Waals surface area contributed by atoms with Gasteiger partial charge in [-0.25, -0.2) is 8.42 Å². The summed E-state index contributed by atoms with van der Waals surface area (Å²) in [4.78, 5) is 12.8. The van der Waals surface area contributed by atoms with E-state index in [1.54, 1.807) is 43.3 Å². The molecule has 174 valence electrons. The fourth-order valence-electron chi connectivity index (χ4n) is 3.38.